The van der Waals surface area contributed by atoms with E-state index in [9.17, 15) is 14.7 Å². The van der Waals surface area contributed by atoms with Gasteiger partial charge in [0.1, 0.15) is 6.04 Å². The van der Waals surface area contributed by atoms with Gasteiger partial charge >= 0.3 is 12.0 Å². The lowest BCUT2D eigenvalue weighted by Gasteiger charge is -2.35. The van der Waals surface area contributed by atoms with Crippen LogP contribution in [-0.2, 0) is 4.79 Å². The highest BCUT2D eigenvalue weighted by Gasteiger charge is 2.44. The summed E-state index contributed by atoms with van der Waals surface area (Å²) in [7, 11) is 0. The van der Waals surface area contributed by atoms with Gasteiger partial charge in [0.05, 0.1) is 5.37 Å². The second-order valence-corrected chi connectivity index (χ2v) is 6.91. The fourth-order valence-corrected chi connectivity index (χ4v) is 4.05. The molecule has 0 spiro atoms. The highest BCUT2D eigenvalue weighted by molar-refractivity contribution is 8.00. The number of aliphatic carboxylic acids is 1. The molecule has 2 aliphatic heterocycles. The second-order valence-electron chi connectivity index (χ2n) is 5.76. The fourth-order valence-electron chi connectivity index (χ4n) is 2.58. The molecule has 6 heteroatoms. The number of hydrogen-bond acceptors (Lipinski definition) is 3. The second kappa shape index (κ2) is 6.08. The van der Waals surface area contributed by atoms with Crippen molar-refractivity contribution in [2.75, 3.05) is 18.8 Å². The third kappa shape index (κ3) is 2.95. The van der Waals surface area contributed by atoms with Crippen molar-refractivity contribution in [2.24, 2.45) is 5.92 Å². The molecule has 1 N–H and O–H groups in total. The van der Waals surface area contributed by atoms with Crippen molar-refractivity contribution in [2.45, 2.75) is 38.6 Å². The molecule has 112 valence electrons. The molecule has 0 aliphatic carbocycles. The first-order valence-corrected chi connectivity index (χ1v) is 8.04. The third-order valence-electron chi connectivity index (χ3n) is 3.82. The standard InChI is InChI=1S/C14H22N2O3S/c1-9(2)12-16(11(8-20-12)13(17)18)14(19)15-6-4-10(3)5-7-15/h4,9,11-12H,5-8H2,1-3H3,(H,17,18). The zero-order valence-electron chi connectivity index (χ0n) is 12.2. The fraction of sp³-hybridized carbons (Fsp3) is 0.714. The van der Waals surface area contributed by atoms with E-state index in [0.29, 0.717) is 18.8 Å². The molecule has 2 amide bonds. The molecule has 0 aromatic heterocycles. The van der Waals surface area contributed by atoms with Gasteiger partial charge in [-0.3, -0.25) is 4.90 Å². The number of urea groups is 1. The van der Waals surface area contributed by atoms with Crippen molar-refractivity contribution >= 4 is 23.8 Å². The van der Waals surface area contributed by atoms with Gasteiger partial charge < -0.3 is 10.0 Å². The van der Waals surface area contributed by atoms with Crippen molar-refractivity contribution in [3.05, 3.63) is 11.6 Å². The smallest absolute Gasteiger partial charge is 0.327 e. The molecule has 20 heavy (non-hydrogen) atoms. The molecule has 1 saturated heterocycles. The van der Waals surface area contributed by atoms with Crippen molar-refractivity contribution in [1.29, 1.82) is 0 Å². The Bertz CT molecular complexity index is 436. The maximum atomic E-state index is 12.7. The quantitative estimate of drug-likeness (QED) is 0.794. The molecule has 0 saturated carbocycles. The van der Waals surface area contributed by atoms with Crippen LogP contribution in [0.15, 0.2) is 11.6 Å². The van der Waals surface area contributed by atoms with E-state index < -0.39 is 12.0 Å². The minimum Gasteiger partial charge on any atom is -0.480 e. The van der Waals surface area contributed by atoms with Crippen LogP contribution in [0.3, 0.4) is 0 Å². The van der Waals surface area contributed by atoms with Gasteiger partial charge in [-0.05, 0) is 19.3 Å². The van der Waals surface area contributed by atoms with E-state index in [1.54, 1.807) is 21.6 Å². The molecule has 5 nitrogen and oxygen atoms in total. The molecule has 1 fully saturated rings. The third-order valence-corrected chi connectivity index (χ3v) is 5.44. The van der Waals surface area contributed by atoms with E-state index in [1.165, 1.54) is 5.57 Å². The number of carboxylic acids is 1. The topological polar surface area (TPSA) is 60.9 Å². The molecule has 0 radical (unpaired) electrons. The number of amides is 2. The van der Waals surface area contributed by atoms with Gasteiger partial charge in [-0.1, -0.05) is 25.5 Å². The van der Waals surface area contributed by atoms with Crippen molar-refractivity contribution in [3.63, 3.8) is 0 Å². The van der Waals surface area contributed by atoms with Gasteiger partial charge in [-0.2, -0.15) is 0 Å². The number of rotatable bonds is 2. The number of carbonyl (C=O) groups is 2. The Hall–Kier alpha value is -1.17. The Balaban J connectivity index is 2.17. The average Bonchev–Trinajstić information content (AvgIpc) is 2.83. The minimum absolute atomic E-state index is 0.0457. The van der Waals surface area contributed by atoms with Gasteiger partial charge in [0, 0.05) is 18.8 Å². The zero-order chi connectivity index (χ0) is 14.9. The molecular weight excluding hydrogens is 276 g/mol. The van der Waals surface area contributed by atoms with E-state index in [2.05, 4.69) is 6.92 Å². The van der Waals surface area contributed by atoms with Crippen LogP contribution in [0.5, 0.6) is 0 Å². The highest BCUT2D eigenvalue weighted by Crippen LogP contribution is 2.35. The molecule has 0 aromatic rings. The van der Waals surface area contributed by atoms with Gasteiger partial charge in [0.15, 0.2) is 0 Å². The summed E-state index contributed by atoms with van der Waals surface area (Å²) in [5.74, 6) is -0.180. The van der Waals surface area contributed by atoms with E-state index in [1.807, 2.05) is 19.9 Å². The average molecular weight is 298 g/mol. The van der Waals surface area contributed by atoms with Crippen LogP contribution in [0.2, 0.25) is 0 Å². The lowest BCUT2D eigenvalue weighted by molar-refractivity contribution is -0.141. The van der Waals surface area contributed by atoms with Crippen LogP contribution < -0.4 is 0 Å². The van der Waals surface area contributed by atoms with E-state index in [4.69, 9.17) is 0 Å². The molecule has 2 unspecified atom stereocenters. The van der Waals surface area contributed by atoms with Crippen LogP contribution in [0, 0.1) is 5.92 Å². The van der Waals surface area contributed by atoms with Crippen molar-refractivity contribution in [3.8, 4) is 0 Å². The molecule has 2 aliphatic rings. The van der Waals surface area contributed by atoms with E-state index in [-0.39, 0.29) is 17.3 Å². The first kappa shape index (κ1) is 15.2. The van der Waals surface area contributed by atoms with Crippen molar-refractivity contribution in [1.82, 2.24) is 9.80 Å². The predicted octanol–water partition coefficient (Wildman–Crippen LogP) is 2.24. The first-order chi connectivity index (χ1) is 9.41. The Morgan fingerprint density at radius 2 is 2.15 bits per heavy atom. The number of carbonyl (C=O) groups excluding carboxylic acids is 1. The molecule has 2 rings (SSSR count). The number of carboxylic acid groups (broad SMARTS) is 1. The van der Waals surface area contributed by atoms with Crippen LogP contribution >= 0.6 is 11.8 Å². The maximum Gasteiger partial charge on any atom is 0.327 e. The van der Waals surface area contributed by atoms with Crippen LogP contribution in [0.1, 0.15) is 27.2 Å². The first-order valence-electron chi connectivity index (χ1n) is 6.99. The van der Waals surface area contributed by atoms with E-state index >= 15 is 0 Å². The predicted molar refractivity (Wildman–Crippen MR) is 79.7 cm³/mol. The van der Waals surface area contributed by atoms with Gasteiger partial charge in [-0.15, -0.1) is 11.8 Å². The Morgan fingerprint density at radius 1 is 1.45 bits per heavy atom. The van der Waals surface area contributed by atoms with E-state index in [0.717, 1.165) is 6.42 Å². The molecule has 2 atom stereocenters. The van der Waals surface area contributed by atoms with Gasteiger partial charge in [-0.25, -0.2) is 9.59 Å². The Labute approximate surface area is 124 Å². The molecular formula is C14H22N2O3S. The lowest BCUT2D eigenvalue weighted by Crippen LogP contribution is -2.53. The summed E-state index contributed by atoms with van der Waals surface area (Å²) in [5, 5.41) is 9.29. The lowest BCUT2D eigenvalue weighted by atomic mass is 10.1. The summed E-state index contributed by atoms with van der Waals surface area (Å²) in [6, 6.07) is -0.836. The van der Waals surface area contributed by atoms with Crippen LogP contribution in [0.4, 0.5) is 4.79 Å². The molecule has 2 heterocycles. The number of thioether (sulfide) groups is 1. The summed E-state index contributed by atoms with van der Waals surface area (Å²) in [4.78, 5) is 27.4. The van der Waals surface area contributed by atoms with Crippen molar-refractivity contribution < 1.29 is 14.7 Å². The monoisotopic (exact) mass is 298 g/mol. The highest BCUT2D eigenvalue weighted by atomic mass is 32.2. The summed E-state index contributed by atoms with van der Waals surface area (Å²) in [6.07, 6.45) is 2.92. The van der Waals surface area contributed by atoms with Gasteiger partial charge in [0.25, 0.3) is 0 Å². The van der Waals surface area contributed by atoms with Gasteiger partial charge in [0.2, 0.25) is 0 Å². The summed E-state index contributed by atoms with van der Waals surface area (Å²) >= 11 is 1.57. The summed E-state index contributed by atoms with van der Waals surface area (Å²) < 4.78 is 0. The Kier molecular flexibility index (Phi) is 4.62. The minimum atomic E-state index is -0.905. The largest absolute Gasteiger partial charge is 0.480 e. The SMILES string of the molecule is CC1=CCN(C(=O)N2C(C(=O)O)CSC2C(C)C)CC1. The summed E-state index contributed by atoms with van der Waals surface area (Å²) in [6.45, 7) is 7.39. The maximum absolute atomic E-state index is 12.7. The van der Waals surface area contributed by atoms with Crippen LogP contribution in [-0.4, -0.2) is 57.2 Å². The molecule has 0 aromatic carbocycles. The Morgan fingerprint density at radius 3 is 2.65 bits per heavy atom. The number of hydrogen-bond donors (Lipinski definition) is 1. The van der Waals surface area contributed by atoms with Crippen LogP contribution in [0.25, 0.3) is 0 Å². The number of nitrogens with zero attached hydrogens (tertiary/aromatic N) is 2. The zero-order valence-corrected chi connectivity index (χ0v) is 13.0. The summed E-state index contributed by atoms with van der Waals surface area (Å²) in [5.41, 5.74) is 1.29. The normalized spacial score (nSPS) is 26.9. The molecule has 0 bridgehead atoms.